The highest BCUT2D eigenvalue weighted by Crippen LogP contribution is 2.13. The van der Waals surface area contributed by atoms with Crippen molar-refractivity contribution in [3.63, 3.8) is 0 Å². The molecule has 0 aliphatic carbocycles. The first-order valence-electron chi connectivity index (χ1n) is 8.46. The maximum absolute atomic E-state index is 13.1. The molecule has 0 N–H and O–H groups in total. The Bertz CT molecular complexity index is 1300. The van der Waals surface area contributed by atoms with E-state index < -0.39 is 17.1 Å². The van der Waals surface area contributed by atoms with E-state index in [9.17, 15) is 18.8 Å². The molecule has 28 heavy (non-hydrogen) atoms. The average Bonchev–Trinajstić information content (AvgIpc) is 3.25. The van der Waals surface area contributed by atoms with E-state index >= 15 is 0 Å². The number of fused-ring (bicyclic) bond motifs is 1. The lowest BCUT2D eigenvalue weighted by atomic mass is 10.1. The van der Waals surface area contributed by atoms with E-state index in [0.717, 1.165) is 4.57 Å². The predicted octanol–water partition coefficient (Wildman–Crippen LogP) is 1.77. The third-order valence-electron chi connectivity index (χ3n) is 4.59. The van der Waals surface area contributed by atoms with Crippen LogP contribution in [0.4, 0.5) is 4.39 Å². The minimum atomic E-state index is -0.511. The number of carbonyl (C=O) groups is 1. The Morgan fingerprint density at radius 1 is 1.11 bits per heavy atom. The summed E-state index contributed by atoms with van der Waals surface area (Å²) in [6, 6.07) is 10.2. The van der Waals surface area contributed by atoms with Gasteiger partial charge in [0, 0.05) is 25.0 Å². The van der Waals surface area contributed by atoms with Crippen LogP contribution in [0.1, 0.15) is 15.9 Å². The second-order valence-corrected chi connectivity index (χ2v) is 6.37. The molecule has 0 atom stereocenters. The molecule has 8 heteroatoms. The predicted molar refractivity (Wildman–Crippen MR) is 101 cm³/mol. The van der Waals surface area contributed by atoms with Crippen molar-refractivity contribution < 1.29 is 9.18 Å². The molecule has 0 saturated carbocycles. The van der Waals surface area contributed by atoms with Crippen LogP contribution in [0.5, 0.6) is 0 Å². The summed E-state index contributed by atoms with van der Waals surface area (Å²) in [6.07, 6.45) is 4.37. The van der Waals surface area contributed by atoms with Crippen molar-refractivity contribution >= 4 is 16.8 Å². The van der Waals surface area contributed by atoms with Gasteiger partial charge in [-0.05, 0) is 35.9 Å². The van der Waals surface area contributed by atoms with Gasteiger partial charge >= 0.3 is 5.69 Å². The van der Waals surface area contributed by atoms with Crippen molar-refractivity contribution in [2.45, 2.75) is 6.54 Å². The van der Waals surface area contributed by atoms with Crippen molar-refractivity contribution in [2.24, 2.45) is 7.05 Å². The summed E-state index contributed by atoms with van der Waals surface area (Å²) in [5.41, 5.74) is 0.339. The number of imidazole rings is 1. The Balaban J connectivity index is 1.87. The smallest absolute Gasteiger partial charge is 0.296 e. The molecule has 0 spiro atoms. The number of hydrogen-bond donors (Lipinski definition) is 0. The number of hydrogen-bond acceptors (Lipinski definition) is 4. The minimum absolute atomic E-state index is 0.00141. The van der Waals surface area contributed by atoms with E-state index in [1.807, 2.05) is 0 Å². The van der Waals surface area contributed by atoms with Crippen LogP contribution in [-0.2, 0) is 13.6 Å². The quantitative estimate of drug-likeness (QED) is 0.544. The van der Waals surface area contributed by atoms with Gasteiger partial charge in [0.25, 0.3) is 11.5 Å². The average molecular weight is 378 g/mol. The van der Waals surface area contributed by atoms with Gasteiger partial charge in [0.1, 0.15) is 12.1 Å². The molecule has 0 aliphatic heterocycles. The fourth-order valence-corrected chi connectivity index (χ4v) is 3.09. The van der Waals surface area contributed by atoms with Gasteiger partial charge in [0.2, 0.25) is 0 Å². The second kappa shape index (κ2) is 6.73. The molecular weight excluding hydrogens is 363 g/mol. The molecule has 2 aromatic heterocycles. The zero-order valence-electron chi connectivity index (χ0n) is 14.9. The first-order chi connectivity index (χ1) is 13.5. The fraction of sp³-hybridized carbons (Fsp3) is 0.100. The van der Waals surface area contributed by atoms with Crippen molar-refractivity contribution in [3.05, 3.63) is 99.0 Å². The summed E-state index contributed by atoms with van der Waals surface area (Å²) in [5.74, 6) is -0.733. The summed E-state index contributed by atoms with van der Waals surface area (Å²) < 4.78 is 16.8. The number of carbonyl (C=O) groups excluding carboxylic acids is 1. The minimum Gasteiger partial charge on any atom is -0.296 e. The highest BCUT2D eigenvalue weighted by molar-refractivity contribution is 5.99. The van der Waals surface area contributed by atoms with E-state index in [-0.39, 0.29) is 17.8 Å². The van der Waals surface area contributed by atoms with E-state index in [1.165, 1.54) is 58.2 Å². The largest absolute Gasteiger partial charge is 0.331 e. The normalized spacial score (nSPS) is 11.1. The highest BCUT2D eigenvalue weighted by Gasteiger charge is 2.15. The van der Waals surface area contributed by atoms with Crippen LogP contribution in [0.15, 0.2) is 70.8 Å². The highest BCUT2D eigenvalue weighted by atomic mass is 19.1. The van der Waals surface area contributed by atoms with Crippen LogP contribution in [0.3, 0.4) is 0 Å². The molecule has 0 bridgehead atoms. The second-order valence-electron chi connectivity index (χ2n) is 6.37. The van der Waals surface area contributed by atoms with Gasteiger partial charge in [0.15, 0.2) is 0 Å². The molecule has 4 aromatic rings. The number of aryl methyl sites for hydroxylation is 1. The molecule has 140 valence electrons. The SMILES string of the molecule is Cn1c(=O)n(Cc2ccc(F)cc2)c(=O)c2cc(C(=O)n3ccnc3)ccc21. The maximum atomic E-state index is 13.1. The van der Waals surface area contributed by atoms with Crippen LogP contribution in [0.2, 0.25) is 0 Å². The molecule has 2 aromatic carbocycles. The van der Waals surface area contributed by atoms with Crippen LogP contribution in [0, 0.1) is 5.82 Å². The topological polar surface area (TPSA) is 78.9 Å². The van der Waals surface area contributed by atoms with Gasteiger partial charge in [-0.1, -0.05) is 12.1 Å². The maximum Gasteiger partial charge on any atom is 0.331 e. The number of rotatable bonds is 3. The Morgan fingerprint density at radius 3 is 2.54 bits per heavy atom. The molecule has 0 unspecified atom stereocenters. The lowest BCUT2D eigenvalue weighted by Crippen LogP contribution is -2.39. The zero-order valence-corrected chi connectivity index (χ0v) is 14.9. The first kappa shape index (κ1) is 17.6. The Hall–Kier alpha value is -3.81. The van der Waals surface area contributed by atoms with Gasteiger partial charge in [-0.25, -0.2) is 14.2 Å². The van der Waals surface area contributed by atoms with E-state index in [2.05, 4.69) is 4.98 Å². The van der Waals surface area contributed by atoms with Crippen molar-refractivity contribution in [3.8, 4) is 0 Å². The summed E-state index contributed by atoms with van der Waals surface area (Å²) in [6.45, 7) is 0.00141. The molecule has 0 saturated heterocycles. The van der Waals surface area contributed by atoms with Gasteiger partial charge in [-0.3, -0.25) is 23.3 Å². The summed E-state index contributed by atoms with van der Waals surface area (Å²) in [7, 11) is 1.56. The van der Waals surface area contributed by atoms with Crippen molar-refractivity contribution in [2.75, 3.05) is 0 Å². The Labute approximate surface area is 157 Å². The summed E-state index contributed by atoms with van der Waals surface area (Å²) in [5, 5.41) is 0.246. The van der Waals surface area contributed by atoms with Gasteiger partial charge < -0.3 is 0 Å². The monoisotopic (exact) mass is 378 g/mol. The molecule has 2 heterocycles. The fourth-order valence-electron chi connectivity index (χ4n) is 3.09. The van der Waals surface area contributed by atoms with Crippen molar-refractivity contribution in [1.82, 2.24) is 18.7 Å². The number of nitrogens with zero attached hydrogens (tertiary/aromatic N) is 4. The lowest BCUT2D eigenvalue weighted by Gasteiger charge is -2.12. The van der Waals surface area contributed by atoms with E-state index in [4.69, 9.17) is 0 Å². The van der Waals surface area contributed by atoms with Crippen molar-refractivity contribution in [1.29, 1.82) is 0 Å². The number of halogens is 1. The standard InChI is InChI=1S/C20H15FN4O3/c1-23-17-7-4-14(18(26)24-9-8-22-12-24)10-16(17)19(27)25(20(23)28)11-13-2-5-15(21)6-3-13/h2-10,12H,11H2,1H3. The van der Waals surface area contributed by atoms with Gasteiger partial charge in [-0.2, -0.15) is 0 Å². The van der Waals surface area contributed by atoms with E-state index in [1.54, 1.807) is 19.2 Å². The van der Waals surface area contributed by atoms with Crippen LogP contribution < -0.4 is 11.2 Å². The van der Waals surface area contributed by atoms with Crippen LogP contribution in [-0.4, -0.2) is 24.6 Å². The number of aromatic nitrogens is 4. The zero-order chi connectivity index (χ0) is 19.8. The third kappa shape index (κ3) is 2.94. The molecular formula is C20H15FN4O3. The van der Waals surface area contributed by atoms with Crippen LogP contribution >= 0.6 is 0 Å². The number of benzene rings is 2. The molecule has 4 rings (SSSR count). The van der Waals surface area contributed by atoms with E-state index in [0.29, 0.717) is 16.6 Å². The molecule has 0 radical (unpaired) electrons. The van der Waals surface area contributed by atoms with Gasteiger partial charge in [-0.15, -0.1) is 0 Å². The Kier molecular flexibility index (Phi) is 4.23. The first-order valence-corrected chi connectivity index (χ1v) is 8.46. The molecule has 0 amide bonds. The third-order valence-corrected chi connectivity index (χ3v) is 4.59. The molecule has 7 nitrogen and oxygen atoms in total. The molecule has 0 aliphatic rings. The van der Waals surface area contributed by atoms with Gasteiger partial charge in [0.05, 0.1) is 17.4 Å². The molecule has 0 fully saturated rings. The lowest BCUT2D eigenvalue weighted by molar-refractivity contribution is 0.0960. The Morgan fingerprint density at radius 2 is 1.86 bits per heavy atom. The van der Waals surface area contributed by atoms with Crippen LogP contribution in [0.25, 0.3) is 10.9 Å². The summed E-state index contributed by atoms with van der Waals surface area (Å²) in [4.78, 5) is 42.0. The summed E-state index contributed by atoms with van der Waals surface area (Å²) >= 11 is 0.